The van der Waals surface area contributed by atoms with Gasteiger partial charge in [0.05, 0.1) is 28.9 Å². The van der Waals surface area contributed by atoms with Crippen LogP contribution in [0.2, 0.25) is 5.02 Å². The van der Waals surface area contributed by atoms with Crippen LogP contribution in [0.15, 0.2) is 0 Å². The summed E-state index contributed by atoms with van der Waals surface area (Å²) in [5.41, 5.74) is 1.75. The topological polar surface area (TPSA) is 50.2 Å². The molecular weight excluding hydrogens is 312 g/mol. The molecule has 0 aromatic carbocycles. The normalized spacial score (nSPS) is 28.8. The summed E-state index contributed by atoms with van der Waals surface area (Å²) < 4.78 is 1.85. The lowest BCUT2D eigenvalue weighted by atomic mass is 9.97. The molecular formula is C17H27ClN4O. The molecule has 0 saturated carbocycles. The molecule has 1 amide bonds. The van der Waals surface area contributed by atoms with Crippen molar-refractivity contribution in [3.8, 4) is 0 Å². The molecule has 2 saturated heterocycles. The van der Waals surface area contributed by atoms with Crippen LogP contribution in [0, 0.1) is 19.8 Å². The lowest BCUT2D eigenvalue weighted by Gasteiger charge is -2.37. The van der Waals surface area contributed by atoms with Crippen LogP contribution in [0.5, 0.6) is 0 Å². The summed E-state index contributed by atoms with van der Waals surface area (Å²) in [6, 6.07) is 1.61. The van der Waals surface area contributed by atoms with Gasteiger partial charge in [0.15, 0.2) is 0 Å². The van der Waals surface area contributed by atoms with Gasteiger partial charge in [0, 0.05) is 18.1 Å². The molecule has 1 aromatic rings. The summed E-state index contributed by atoms with van der Waals surface area (Å²) in [5.74, 6) is 0.0176. The number of aryl methyl sites for hydroxylation is 1. The van der Waals surface area contributed by atoms with Gasteiger partial charge in [-0.1, -0.05) is 18.5 Å². The molecule has 2 bridgehead atoms. The molecule has 2 aliphatic rings. The van der Waals surface area contributed by atoms with Crippen molar-refractivity contribution in [1.82, 2.24) is 20.0 Å². The minimum absolute atomic E-state index is 0.110. The molecule has 128 valence electrons. The fourth-order valence-corrected chi connectivity index (χ4v) is 4.20. The Bertz CT molecular complexity index is 586. The highest BCUT2D eigenvalue weighted by Gasteiger charge is 2.39. The Morgan fingerprint density at radius 1 is 1.35 bits per heavy atom. The van der Waals surface area contributed by atoms with Crippen molar-refractivity contribution in [2.45, 2.75) is 71.1 Å². The fourth-order valence-electron chi connectivity index (χ4n) is 4.07. The first-order chi connectivity index (χ1) is 10.9. The third kappa shape index (κ3) is 3.26. The zero-order valence-electron chi connectivity index (χ0n) is 14.5. The van der Waals surface area contributed by atoms with Crippen LogP contribution in [-0.4, -0.2) is 45.8 Å². The lowest BCUT2D eigenvalue weighted by molar-refractivity contribution is -0.126. The number of fused-ring (bicyclic) bond motifs is 2. The van der Waals surface area contributed by atoms with Gasteiger partial charge in [0.25, 0.3) is 0 Å². The summed E-state index contributed by atoms with van der Waals surface area (Å²) in [6.07, 6.45) is 4.70. The van der Waals surface area contributed by atoms with Crippen LogP contribution in [0.4, 0.5) is 0 Å². The highest BCUT2D eigenvalue weighted by atomic mass is 35.5. The lowest BCUT2D eigenvalue weighted by Crippen LogP contribution is -2.50. The maximum Gasteiger partial charge on any atom is 0.224 e. The number of aromatic nitrogens is 2. The van der Waals surface area contributed by atoms with E-state index >= 15 is 0 Å². The maximum atomic E-state index is 12.5. The smallest absolute Gasteiger partial charge is 0.224 e. The van der Waals surface area contributed by atoms with Gasteiger partial charge in [-0.25, -0.2) is 0 Å². The first-order valence-corrected chi connectivity index (χ1v) is 8.96. The second kappa shape index (κ2) is 6.44. The van der Waals surface area contributed by atoms with E-state index in [1.165, 1.54) is 12.8 Å². The molecule has 1 aromatic heterocycles. The van der Waals surface area contributed by atoms with Crippen molar-refractivity contribution in [2.24, 2.45) is 5.92 Å². The standard InChI is InChI=1S/C17H27ClN4O/c1-10(9-22-12(3)16(18)11(2)20-22)17(23)19-13-7-14-5-6-15(8-13)21(14)4/h10,13-15H,5-9H2,1-4H3,(H,19,23). The number of amides is 1. The Balaban J connectivity index is 1.57. The molecule has 0 aliphatic carbocycles. The molecule has 0 spiro atoms. The van der Waals surface area contributed by atoms with E-state index in [0.717, 1.165) is 24.2 Å². The van der Waals surface area contributed by atoms with Crippen LogP contribution >= 0.6 is 11.6 Å². The Hall–Kier alpha value is -1.07. The predicted molar refractivity (Wildman–Crippen MR) is 91.6 cm³/mol. The molecule has 3 heterocycles. The highest BCUT2D eigenvalue weighted by Crippen LogP contribution is 2.34. The summed E-state index contributed by atoms with van der Waals surface area (Å²) >= 11 is 6.18. The first kappa shape index (κ1) is 16.8. The largest absolute Gasteiger partial charge is 0.353 e. The van der Waals surface area contributed by atoms with Crippen molar-refractivity contribution < 1.29 is 4.79 Å². The molecule has 3 unspecified atom stereocenters. The number of nitrogens with zero attached hydrogens (tertiary/aromatic N) is 3. The maximum absolute atomic E-state index is 12.5. The number of carbonyl (C=O) groups excluding carboxylic acids is 1. The molecule has 0 radical (unpaired) electrons. The van der Waals surface area contributed by atoms with Crippen LogP contribution in [0.1, 0.15) is 44.0 Å². The third-order valence-electron chi connectivity index (χ3n) is 5.63. The van der Waals surface area contributed by atoms with Crippen molar-refractivity contribution >= 4 is 17.5 Å². The number of carbonyl (C=O) groups is 1. The number of nitrogens with one attached hydrogen (secondary N) is 1. The number of hydrogen-bond acceptors (Lipinski definition) is 3. The molecule has 23 heavy (non-hydrogen) atoms. The van der Waals surface area contributed by atoms with Crippen LogP contribution in [-0.2, 0) is 11.3 Å². The van der Waals surface area contributed by atoms with Gasteiger partial charge in [-0.2, -0.15) is 5.10 Å². The molecule has 5 nitrogen and oxygen atoms in total. The average Bonchev–Trinajstić information content (AvgIpc) is 2.86. The van der Waals surface area contributed by atoms with E-state index in [1.807, 2.05) is 25.5 Å². The van der Waals surface area contributed by atoms with E-state index in [0.29, 0.717) is 29.7 Å². The Labute approximate surface area is 143 Å². The van der Waals surface area contributed by atoms with E-state index in [-0.39, 0.29) is 11.8 Å². The summed E-state index contributed by atoms with van der Waals surface area (Å²) in [4.78, 5) is 15.0. The number of piperidine rings is 1. The van der Waals surface area contributed by atoms with E-state index in [9.17, 15) is 4.79 Å². The molecule has 6 heteroatoms. The highest BCUT2D eigenvalue weighted by molar-refractivity contribution is 6.31. The third-order valence-corrected chi connectivity index (χ3v) is 6.18. The van der Waals surface area contributed by atoms with Crippen LogP contribution < -0.4 is 5.32 Å². The number of rotatable bonds is 4. The van der Waals surface area contributed by atoms with E-state index in [4.69, 9.17) is 11.6 Å². The van der Waals surface area contributed by atoms with Gasteiger partial charge < -0.3 is 10.2 Å². The van der Waals surface area contributed by atoms with E-state index < -0.39 is 0 Å². The summed E-state index contributed by atoms with van der Waals surface area (Å²) in [6.45, 7) is 6.38. The van der Waals surface area contributed by atoms with Crippen molar-refractivity contribution in [2.75, 3.05) is 7.05 Å². The summed E-state index contributed by atoms with van der Waals surface area (Å²) in [7, 11) is 2.22. The average molecular weight is 339 g/mol. The monoisotopic (exact) mass is 338 g/mol. The Kier molecular flexibility index (Phi) is 4.70. The van der Waals surface area contributed by atoms with E-state index in [2.05, 4.69) is 22.4 Å². The molecule has 2 aliphatic heterocycles. The molecule has 3 atom stereocenters. The van der Waals surface area contributed by atoms with Gasteiger partial charge in [-0.3, -0.25) is 9.48 Å². The summed E-state index contributed by atoms with van der Waals surface area (Å²) in [5, 5.41) is 8.38. The molecule has 3 rings (SSSR count). The molecule has 2 fully saturated rings. The minimum Gasteiger partial charge on any atom is -0.353 e. The molecule has 1 N–H and O–H groups in total. The Morgan fingerprint density at radius 3 is 2.48 bits per heavy atom. The van der Waals surface area contributed by atoms with Gasteiger partial charge in [0.1, 0.15) is 0 Å². The van der Waals surface area contributed by atoms with Crippen LogP contribution in [0.3, 0.4) is 0 Å². The van der Waals surface area contributed by atoms with E-state index in [1.54, 1.807) is 0 Å². The zero-order chi connectivity index (χ0) is 16.7. The minimum atomic E-state index is -0.110. The fraction of sp³-hybridized carbons (Fsp3) is 0.765. The predicted octanol–water partition coefficient (Wildman–Crippen LogP) is 2.53. The number of halogens is 1. The van der Waals surface area contributed by atoms with Crippen molar-refractivity contribution in [1.29, 1.82) is 0 Å². The van der Waals surface area contributed by atoms with Gasteiger partial charge >= 0.3 is 0 Å². The Morgan fingerprint density at radius 2 is 1.96 bits per heavy atom. The first-order valence-electron chi connectivity index (χ1n) is 8.58. The van der Waals surface area contributed by atoms with Crippen LogP contribution in [0.25, 0.3) is 0 Å². The quantitative estimate of drug-likeness (QED) is 0.917. The number of hydrogen-bond donors (Lipinski definition) is 1. The zero-order valence-corrected chi connectivity index (χ0v) is 15.2. The van der Waals surface area contributed by atoms with Crippen molar-refractivity contribution in [3.05, 3.63) is 16.4 Å². The second-order valence-corrected chi connectivity index (χ2v) is 7.67. The SMILES string of the molecule is Cc1nn(CC(C)C(=O)NC2CC3CCC(C2)N3C)c(C)c1Cl. The van der Waals surface area contributed by atoms with Gasteiger partial charge in [-0.05, 0) is 46.6 Å². The van der Waals surface area contributed by atoms with Gasteiger partial charge in [0.2, 0.25) is 5.91 Å². The van der Waals surface area contributed by atoms with Crippen molar-refractivity contribution in [3.63, 3.8) is 0 Å². The van der Waals surface area contributed by atoms with Gasteiger partial charge in [-0.15, -0.1) is 0 Å². The second-order valence-electron chi connectivity index (χ2n) is 7.30.